The van der Waals surface area contributed by atoms with Gasteiger partial charge >= 0.3 is 0 Å². The van der Waals surface area contributed by atoms with E-state index in [2.05, 4.69) is 11.2 Å². The Morgan fingerprint density at radius 3 is 2.74 bits per heavy atom. The molecule has 1 saturated carbocycles. The molecule has 0 atom stereocenters. The van der Waals surface area contributed by atoms with Crippen molar-refractivity contribution in [2.75, 3.05) is 6.54 Å². The van der Waals surface area contributed by atoms with Gasteiger partial charge in [0.1, 0.15) is 5.69 Å². The van der Waals surface area contributed by atoms with Gasteiger partial charge in [0.25, 0.3) is 5.91 Å². The zero-order chi connectivity index (χ0) is 18.8. The third-order valence-electron chi connectivity index (χ3n) is 4.49. The van der Waals surface area contributed by atoms with Crippen LogP contribution in [0.25, 0.3) is 17.1 Å². The van der Waals surface area contributed by atoms with Crippen molar-refractivity contribution in [3.8, 4) is 23.2 Å². The zero-order valence-corrected chi connectivity index (χ0v) is 15.3. The maximum atomic E-state index is 13.0. The van der Waals surface area contributed by atoms with Gasteiger partial charge < -0.3 is 9.32 Å². The van der Waals surface area contributed by atoms with E-state index in [0.29, 0.717) is 35.1 Å². The molecule has 2 aromatic heterocycles. The molecule has 7 heteroatoms. The van der Waals surface area contributed by atoms with E-state index >= 15 is 0 Å². The fourth-order valence-corrected chi connectivity index (χ4v) is 3.14. The van der Waals surface area contributed by atoms with Crippen LogP contribution in [0.3, 0.4) is 0 Å². The fraction of sp³-hybridized carbons (Fsp3) is 0.250. The lowest BCUT2D eigenvalue weighted by molar-refractivity contribution is 0.0740. The molecule has 1 aromatic carbocycles. The van der Waals surface area contributed by atoms with Crippen LogP contribution in [0.5, 0.6) is 0 Å². The molecular formula is C20H17ClN4O2. The number of carbonyl (C=O) groups is 1. The predicted molar refractivity (Wildman–Crippen MR) is 101 cm³/mol. The zero-order valence-electron chi connectivity index (χ0n) is 14.5. The summed E-state index contributed by atoms with van der Waals surface area (Å²) in [7, 11) is 0. The molecule has 1 fully saturated rings. The Kier molecular flexibility index (Phi) is 4.69. The second-order valence-electron chi connectivity index (χ2n) is 6.42. The summed E-state index contributed by atoms with van der Waals surface area (Å²) in [4.78, 5) is 14.8. The Hall–Kier alpha value is -3.04. The lowest BCUT2D eigenvalue weighted by atomic mass is 10.2. The molecule has 0 N–H and O–H groups in total. The van der Waals surface area contributed by atoms with E-state index in [1.165, 1.54) is 0 Å². The molecule has 0 radical (unpaired) electrons. The van der Waals surface area contributed by atoms with E-state index in [4.69, 9.17) is 21.3 Å². The minimum atomic E-state index is -0.159. The minimum absolute atomic E-state index is 0.159. The molecule has 1 amide bonds. The van der Waals surface area contributed by atoms with Crippen molar-refractivity contribution < 1.29 is 9.21 Å². The van der Waals surface area contributed by atoms with Gasteiger partial charge in [0.2, 0.25) is 0 Å². The Labute approximate surface area is 161 Å². The molecule has 4 rings (SSSR count). The average molecular weight is 381 g/mol. The van der Waals surface area contributed by atoms with Gasteiger partial charge in [0.05, 0.1) is 24.4 Å². The predicted octanol–water partition coefficient (Wildman–Crippen LogP) is 4.30. The third-order valence-corrected chi connectivity index (χ3v) is 4.74. The van der Waals surface area contributed by atoms with E-state index in [1.807, 2.05) is 18.2 Å². The Morgan fingerprint density at radius 2 is 2.11 bits per heavy atom. The van der Waals surface area contributed by atoms with E-state index in [9.17, 15) is 4.79 Å². The summed E-state index contributed by atoms with van der Waals surface area (Å²) in [5, 5.41) is 14.1. The van der Waals surface area contributed by atoms with Crippen molar-refractivity contribution >= 4 is 17.5 Å². The van der Waals surface area contributed by atoms with Crippen LogP contribution in [0.2, 0.25) is 5.02 Å². The first-order valence-electron chi connectivity index (χ1n) is 8.75. The van der Waals surface area contributed by atoms with Gasteiger partial charge in [-0.15, -0.1) is 0 Å². The van der Waals surface area contributed by atoms with Crippen molar-refractivity contribution in [3.63, 3.8) is 0 Å². The van der Waals surface area contributed by atoms with Crippen LogP contribution in [0, 0.1) is 11.3 Å². The molecule has 0 bridgehead atoms. The van der Waals surface area contributed by atoms with Crippen molar-refractivity contribution in [3.05, 3.63) is 59.4 Å². The standard InChI is InChI=1S/C20H17ClN4O2/c21-14-4-6-16(7-5-14)25-18(19-3-1-12-27-19)13-17(23-25)20(26)24(11-2-10-22)15-8-9-15/h1,3-7,12-13,15H,2,8-9,11H2. The van der Waals surface area contributed by atoms with Crippen molar-refractivity contribution in [2.24, 2.45) is 0 Å². The summed E-state index contributed by atoms with van der Waals surface area (Å²) in [5.41, 5.74) is 1.79. The van der Waals surface area contributed by atoms with Crippen LogP contribution in [-0.4, -0.2) is 33.2 Å². The third kappa shape index (κ3) is 3.60. The van der Waals surface area contributed by atoms with Crippen LogP contribution in [0.1, 0.15) is 29.8 Å². The minimum Gasteiger partial charge on any atom is -0.463 e. The van der Waals surface area contributed by atoms with Crippen molar-refractivity contribution in [1.29, 1.82) is 5.26 Å². The van der Waals surface area contributed by atoms with Gasteiger partial charge in [-0.05, 0) is 49.2 Å². The van der Waals surface area contributed by atoms with Crippen LogP contribution >= 0.6 is 11.6 Å². The number of hydrogen-bond acceptors (Lipinski definition) is 4. The van der Waals surface area contributed by atoms with E-state index < -0.39 is 0 Å². The first-order valence-corrected chi connectivity index (χ1v) is 9.13. The van der Waals surface area contributed by atoms with E-state index in [-0.39, 0.29) is 11.9 Å². The summed E-state index contributed by atoms with van der Waals surface area (Å²) >= 11 is 5.99. The highest BCUT2D eigenvalue weighted by atomic mass is 35.5. The molecule has 136 valence electrons. The fourth-order valence-electron chi connectivity index (χ4n) is 3.02. The van der Waals surface area contributed by atoms with Gasteiger partial charge in [-0.3, -0.25) is 4.79 Å². The topological polar surface area (TPSA) is 75.1 Å². The summed E-state index contributed by atoms with van der Waals surface area (Å²) in [6.45, 7) is 0.421. The number of furan rings is 1. The molecule has 1 aliphatic rings. The second-order valence-corrected chi connectivity index (χ2v) is 6.85. The smallest absolute Gasteiger partial charge is 0.274 e. The number of rotatable bonds is 6. The Balaban J connectivity index is 1.73. The molecule has 3 aromatic rings. The molecule has 27 heavy (non-hydrogen) atoms. The molecule has 0 aliphatic heterocycles. The number of nitrogens with zero attached hydrogens (tertiary/aromatic N) is 4. The van der Waals surface area contributed by atoms with E-state index in [0.717, 1.165) is 18.5 Å². The average Bonchev–Trinajstić information content (AvgIpc) is 3.19. The SMILES string of the molecule is N#CCCN(C(=O)c1cc(-c2ccco2)n(-c2ccc(Cl)cc2)n1)C1CC1. The van der Waals surface area contributed by atoms with Gasteiger partial charge in [0, 0.05) is 23.7 Å². The first-order chi connectivity index (χ1) is 13.2. The van der Waals surface area contributed by atoms with Crippen molar-refractivity contribution in [2.45, 2.75) is 25.3 Å². The highest BCUT2D eigenvalue weighted by molar-refractivity contribution is 6.30. The van der Waals surface area contributed by atoms with Crippen LogP contribution < -0.4 is 0 Å². The quantitative estimate of drug-likeness (QED) is 0.638. The monoisotopic (exact) mass is 380 g/mol. The molecule has 0 saturated heterocycles. The van der Waals surface area contributed by atoms with Crippen molar-refractivity contribution in [1.82, 2.24) is 14.7 Å². The number of nitriles is 1. The lowest BCUT2D eigenvalue weighted by Crippen LogP contribution is -2.34. The number of aromatic nitrogens is 2. The van der Waals surface area contributed by atoms with Gasteiger partial charge in [-0.25, -0.2) is 4.68 Å². The summed E-state index contributed by atoms with van der Waals surface area (Å²) < 4.78 is 7.21. The second kappa shape index (κ2) is 7.29. The number of benzene rings is 1. The van der Waals surface area contributed by atoms with E-state index in [1.54, 1.807) is 40.1 Å². The van der Waals surface area contributed by atoms with Crippen LogP contribution in [-0.2, 0) is 0 Å². The van der Waals surface area contributed by atoms with Gasteiger partial charge in [-0.1, -0.05) is 11.6 Å². The molecular weight excluding hydrogens is 364 g/mol. The number of carbonyl (C=O) groups excluding carboxylic acids is 1. The van der Waals surface area contributed by atoms with Gasteiger partial charge in [0.15, 0.2) is 11.5 Å². The Bertz CT molecular complexity index is 982. The molecule has 0 spiro atoms. The summed E-state index contributed by atoms with van der Waals surface area (Å²) in [5.74, 6) is 0.458. The maximum Gasteiger partial charge on any atom is 0.274 e. The highest BCUT2D eigenvalue weighted by Crippen LogP contribution is 2.30. The maximum absolute atomic E-state index is 13.0. The lowest BCUT2D eigenvalue weighted by Gasteiger charge is -2.19. The van der Waals surface area contributed by atoms with Crippen LogP contribution in [0.4, 0.5) is 0 Å². The van der Waals surface area contributed by atoms with Gasteiger partial charge in [-0.2, -0.15) is 10.4 Å². The summed E-state index contributed by atoms with van der Waals surface area (Å²) in [6, 6.07) is 14.9. The number of amides is 1. The number of hydrogen-bond donors (Lipinski definition) is 0. The normalized spacial score (nSPS) is 13.3. The van der Waals surface area contributed by atoms with Crippen LogP contribution in [0.15, 0.2) is 53.1 Å². The highest BCUT2D eigenvalue weighted by Gasteiger charge is 2.34. The molecule has 2 heterocycles. The summed E-state index contributed by atoms with van der Waals surface area (Å²) in [6.07, 6.45) is 3.84. The molecule has 0 unspecified atom stereocenters. The molecule has 1 aliphatic carbocycles. The molecule has 6 nitrogen and oxygen atoms in total. The largest absolute Gasteiger partial charge is 0.463 e. The Morgan fingerprint density at radius 1 is 1.33 bits per heavy atom. The first kappa shape index (κ1) is 17.4. The number of halogens is 1.